The van der Waals surface area contributed by atoms with Gasteiger partial charge in [-0.15, -0.1) is 0 Å². The Morgan fingerprint density at radius 2 is 1.87 bits per heavy atom. The third-order valence-corrected chi connectivity index (χ3v) is 7.72. The molecule has 0 fully saturated rings. The van der Waals surface area contributed by atoms with Gasteiger partial charge in [0.25, 0.3) is 0 Å². The van der Waals surface area contributed by atoms with E-state index >= 15 is 4.39 Å². The molecule has 0 radical (unpaired) electrons. The van der Waals surface area contributed by atoms with Crippen molar-refractivity contribution in [3.8, 4) is 5.75 Å². The molecule has 2 rings (SSSR count). The molecule has 1 aromatic heterocycles. The van der Waals surface area contributed by atoms with Crippen LogP contribution in [0.1, 0.15) is 40.7 Å². The van der Waals surface area contributed by atoms with Crippen LogP contribution in [0.4, 0.5) is 10.2 Å². The van der Waals surface area contributed by atoms with E-state index in [9.17, 15) is 19.3 Å². The van der Waals surface area contributed by atoms with Gasteiger partial charge in [-0.1, -0.05) is 25.1 Å². The molecule has 0 aliphatic heterocycles. The number of halogens is 1. The van der Waals surface area contributed by atoms with Crippen LogP contribution >= 0.6 is 7.75 Å². The van der Waals surface area contributed by atoms with Gasteiger partial charge in [0.2, 0.25) is 0 Å². The number of carbonyl (C=O) groups excluding carboxylic acids is 1. The molecule has 2 aromatic rings. The van der Waals surface area contributed by atoms with Gasteiger partial charge in [0.1, 0.15) is 23.8 Å². The predicted octanol–water partition coefficient (Wildman–Crippen LogP) is 2.87. The topological polar surface area (TPSA) is 164 Å². The molecule has 0 bridgehead atoms. The van der Waals surface area contributed by atoms with Gasteiger partial charge < -0.3 is 24.8 Å². The van der Waals surface area contributed by atoms with E-state index < -0.39 is 68.5 Å². The molecule has 1 aromatic carbocycles. The fraction of sp³-hybridized carbons (Fsp3) is 0.560. The molecule has 0 aliphatic carbocycles. The lowest BCUT2D eigenvalue weighted by Crippen LogP contribution is -2.51. The van der Waals surface area contributed by atoms with Crippen LogP contribution < -0.4 is 21.0 Å². The second-order valence-electron chi connectivity index (χ2n) is 9.61. The van der Waals surface area contributed by atoms with Gasteiger partial charge >= 0.3 is 19.4 Å². The van der Waals surface area contributed by atoms with E-state index in [2.05, 4.69) is 10.1 Å². The number of anilines is 1. The highest BCUT2D eigenvalue weighted by Gasteiger charge is 2.48. The summed E-state index contributed by atoms with van der Waals surface area (Å²) in [4.78, 5) is 28.4. The Bertz CT molecular complexity index is 1180. The molecule has 3 unspecified atom stereocenters. The zero-order valence-electron chi connectivity index (χ0n) is 22.9. The lowest BCUT2D eigenvalue weighted by atomic mass is 9.77. The highest BCUT2D eigenvalue weighted by Crippen LogP contribution is 2.48. The van der Waals surface area contributed by atoms with Gasteiger partial charge in [0.15, 0.2) is 0 Å². The average Bonchev–Trinajstić information content (AvgIpc) is 2.87. The van der Waals surface area contributed by atoms with Crippen molar-refractivity contribution in [1.82, 2.24) is 14.6 Å². The molecule has 6 atom stereocenters. The second kappa shape index (κ2) is 14.0. The average molecular weight is 573 g/mol. The van der Waals surface area contributed by atoms with Gasteiger partial charge in [-0.25, -0.2) is 13.8 Å². The molecule has 39 heavy (non-hydrogen) atoms. The van der Waals surface area contributed by atoms with Crippen molar-refractivity contribution in [3.05, 3.63) is 53.1 Å². The van der Waals surface area contributed by atoms with E-state index in [4.69, 9.17) is 24.3 Å². The standard InChI is InChI=1S/C25H38FN4O8P/c1-16(2)37-23(32)17(3)29-39(34,38-19-10-8-7-9-11-19)36-15-25(5,20(14-31)35-6)22(26)18(4)30-13-12-21(27)28-24(30)33/h7-13,16-18,20,22,31H,14-15H2,1-6H3,(H,29,34)(H2,27,28,33)/t17-,18?,20+,22-,25?,39?/m0/s1. The van der Waals surface area contributed by atoms with Gasteiger partial charge in [0, 0.05) is 13.3 Å². The summed E-state index contributed by atoms with van der Waals surface area (Å²) in [5.74, 6) is -0.564. The number of hydrogen-bond acceptors (Lipinski definition) is 10. The number of benzene rings is 1. The summed E-state index contributed by atoms with van der Waals surface area (Å²) in [5.41, 5.74) is 3.10. The molecular formula is C25H38FN4O8P. The van der Waals surface area contributed by atoms with Crippen molar-refractivity contribution < 1.29 is 37.4 Å². The number of methoxy groups -OCH3 is 1. The SMILES string of the molecule is CO[C@H](CO)C(C)(COP(=O)(N[C@@H](C)C(=O)OC(C)C)Oc1ccccc1)[C@@H](F)C(C)n1ccc(N)nc1=O. The van der Waals surface area contributed by atoms with Crippen LogP contribution in [0.2, 0.25) is 0 Å². The number of alkyl halides is 1. The van der Waals surface area contributed by atoms with Gasteiger partial charge in [-0.2, -0.15) is 10.1 Å². The third kappa shape index (κ3) is 8.58. The predicted molar refractivity (Wildman–Crippen MR) is 143 cm³/mol. The largest absolute Gasteiger partial charge is 0.462 e. The number of nitrogens with two attached hydrogens (primary N) is 1. The maximum absolute atomic E-state index is 16.3. The molecule has 12 nitrogen and oxygen atoms in total. The minimum Gasteiger partial charge on any atom is -0.462 e. The van der Waals surface area contributed by atoms with Crippen LogP contribution in [-0.4, -0.2) is 65.4 Å². The van der Waals surface area contributed by atoms with E-state index in [0.717, 1.165) is 4.57 Å². The Morgan fingerprint density at radius 3 is 2.41 bits per heavy atom. The molecule has 4 N–H and O–H groups in total. The number of ether oxygens (including phenoxy) is 2. The van der Waals surface area contributed by atoms with Crippen molar-refractivity contribution in [2.24, 2.45) is 5.41 Å². The smallest absolute Gasteiger partial charge is 0.459 e. The summed E-state index contributed by atoms with van der Waals surface area (Å²) < 4.78 is 53.1. The second-order valence-corrected chi connectivity index (χ2v) is 11.3. The fourth-order valence-electron chi connectivity index (χ4n) is 3.89. The van der Waals surface area contributed by atoms with E-state index in [-0.39, 0.29) is 11.6 Å². The van der Waals surface area contributed by atoms with Crippen molar-refractivity contribution in [2.45, 2.75) is 65.1 Å². The maximum Gasteiger partial charge on any atom is 0.459 e. The Balaban J connectivity index is 2.42. The Hall–Kier alpha value is -2.83. The van der Waals surface area contributed by atoms with Crippen LogP contribution in [0, 0.1) is 5.41 Å². The Labute approximate surface area is 227 Å². The van der Waals surface area contributed by atoms with Crippen LogP contribution in [-0.2, 0) is 23.4 Å². The molecule has 0 spiro atoms. The van der Waals surface area contributed by atoms with Crippen LogP contribution in [0.25, 0.3) is 0 Å². The maximum atomic E-state index is 16.3. The first-order valence-corrected chi connectivity index (χ1v) is 13.9. The number of para-hydroxylation sites is 1. The first-order chi connectivity index (χ1) is 18.3. The zero-order chi connectivity index (χ0) is 29.4. The number of nitrogens with one attached hydrogen (secondary N) is 1. The Morgan fingerprint density at radius 1 is 1.23 bits per heavy atom. The number of hydrogen-bond donors (Lipinski definition) is 3. The van der Waals surface area contributed by atoms with Gasteiger partial charge in [-0.3, -0.25) is 13.9 Å². The highest BCUT2D eigenvalue weighted by molar-refractivity contribution is 7.52. The minimum absolute atomic E-state index is 0.0229. The van der Waals surface area contributed by atoms with E-state index in [1.165, 1.54) is 52.3 Å². The molecule has 14 heteroatoms. The number of rotatable bonds is 15. The number of carbonyl (C=O) groups is 1. The van der Waals surface area contributed by atoms with Crippen molar-refractivity contribution >= 4 is 19.5 Å². The number of esters is 1. The molecule has 0 amide bonds. The summed E-state index contributed by atoms with van der Waals surface area (Å²) in [6.07, 6.45) is -2.17. The van der Waals surface area contributed by atoms with Gasteiger partial charge in [-0.05, 0) is 45.9 Å². The van der Waals surface area contributed by atoms with E-state index in [1.54, 1.807) is 32.0 Å². The fourth-order valence-corrected chi connectivity index (χ4v) is 5.50. The lowest BCUT2D eigenvalue weighted by molar-refractivity contribution is -0.149. The minimum atomic E-state index is -4.36. The highest BCUT2D eigenvalue weighted by atomic mass is 31.2. The Kier molecular flexibility index (Phi) is 11.6. The van der Waals surface area contributed by atoms with Crippen molar-refractivity contribution in [2.75, 3.05) is 26.1 Å². The first-order valence-electron chi connectivity index (χ1n) is 12.4. The zero-order valence-corrected chi connectivity index (χ0v) is 23.8. The normalized spacial score (nSPS) is 17.9. The molecular weight excluding hydrogens is 534 g/mol. The van der Waals surface area contributed by atoms with E-state index in [1.807, 2.05) is 0 Å². The summed E-state index contributed by atoms with van der Waals surface area (Å²) in [7, 11) is -3.09. The quantitative estimate of drug-likeness (QED) is 0.212. The first kappa shape index (κ1) is 32.4. The summed E-state index contributed by atoms with van der Waals surface area (Å²) >= 11 is 0. The van der Waals surface area contributed by atoms with Crippen molar-refractivity contribution in [1.29, 1.82) is 0 Å². The number of nitrogens with zero attached hydrogens (tertiary/aromatic N) is 2. The monoisotopic (exact) mass is 572 g/mol. The number of aliphatic hydroxyl groups excluding tert-OH is 1. The molecule has 218 valence electrons. The lowest BCUT2D eigenvalue weighted by Gasteiger charge is -2.41. The summed E-state index contributed by atoms with van der Waals surface area (Å²) in [6.45, 7) is 6.37. The molecule has 0 aliphatic rings. The molecule has 1 heterocycles. The summed E-state index contributed by atoms with van der Waals surface area (Å²) in [6, 6.07) is 7.17. The third-order valence-electron chi connectivity index (χ3n) is 6.10. The number of aliphatic hydroxyl groups is 1. The summed E-state index contributed by atoms with van der Waals surface area (Å²) in [5, 5.41) is 12.5. The van der Waals surface area contributed by atoms with E-state index in [0.29, 0.717) is 0 Å². The van der Waals surface area contributed by atoms with Crippen LogP contribution in [0.3, 0.4) is 0 Å². The number of aromatic nitrogens is 2. The molecule has 0 saturated carbocycles. The number of nitrogen functional groups attached to an aromatic ring is 1. The van der Waals surface area contributed by atoms with Crippen molar-refractivity contribution in [3.63, 3.8) is 0 Å². The van der Waals surface area contributed by atoms with Gasteiger partial charge in [0.05, 0.1) is 36.9 Å². The van der Waals surface area contributed by atoms with Crippen LogP contribution in [0.5, 0.6) is 5.75 Å². The molecule has 0 saturated heterocycles. The van der Waals surface area contributed by atoms with Crippen LogP contribution in [0.15, 0.2) is 47.4 Å².